The molecule has 0 aliphatic heterocycles. The van der Waals surface area contributed by atoms with Gasteiger partial charge < -0.3 is 14.8 Å². The number of benzene rings is 1. The van der Waals surface area contributed by atoms with Crippen LogP contribution in [0.2, 0.25) is 0 Å². The van der Waals surface area contributed by atoms with Crippen LogP contribution in [0.15, 0.2) is 51.9 Å². The van der Waals surface area contributed by atoms with E-state index in [1.807, 2.05) is 0 Å². The smallest absolute Gasteiger partial charge is 0.263 e. The molecule has 0 amide bonds. The fourth-order valence-corrected chi connectivity index (χ4v) is 3.93. The van der Waals surface area contributed by atoms with Crippen LogP contribution in [-0.4, -0.2) is 25.1 Å². The van der Waals surface area contributed by atoms with Crippen LogP contribution >= 0.6 is 0 Å². The Kier molecular flexibility index (Phi) is 5.82. The second-order valence-corrected chi connectivity index (χ2v) is 8.75. The molecule has 30 heavy (non-hydrogen) atoms. The summed E-state index contributed by atoms with van der Waals surface area (Å²) >= 11 is 0. The molecular formula is C20H21F2N3O4S. The van der Waals surface area contributed by atoms with Gasteiger partial charge in [0.2, 0.25) is 0 Å². The molecule has 3 rings (SSSR count). The Balaban J connectivity index is 1.69. The normalized spacial score (nSPS) is 13.7. The number of aryl methyl sites for hydroxylation is 2. The van der Waals surface area contributed by atoms with Crippen LogP contribution < -0.4 is 10.0 Å². The lowest BCUT2D eigenvalue weighted by molar-refractivity contribution is 0.0698. The van der Waals surface area contributed by atoms with Crippen molar-refractivity contribution in [3.63, 3.8) is 0 Å². The summed E-state index contributed by atoms with van der Waals surface area (Å²) in [6, 6.07) is 7.18. The molecule has 160 valence electrons. The molecule has 0 bridgehead atoms. The first-order chi connectivity index (χ1) is 14.0. The third kappa shape index (κ3) is 4.77. The molecule has 2 heterocycles. The van der Waals surface area contributed by atoms with Crippen LogP contribution in [0.25, 0.3) is 0 Å². The van der Waals surface area contributed by atoms with Gasteiger partial charge in [0.15, 0.2) is 11.6 Å². The molecular weight excluding hydrogens is 416 g/mol. The molecule has 10 heteroatoms. The monoisotopic (exact) mass is 437 g/mol. The molecule has 0 saturated carbocycles. The van der Waals surface area contributed by atoms with Gasteiger partial charge in [-0.25, -0.2) is 22.2 Å². The molecule has 7 nitrogen and oxygen atoms in total. The summed E-state index contributed by atoms with van der Waals surface area (Å²) < 4.78 is 58.7. The lowest BCUT2D eigenvalue weighted by atomic mass is 9.96. The van der Waals surface area contributed by atoms with Gasteiger partial charge in [-0.15, -0.1) is 0 Å². The van der Waals surface area contributed by atoms with Crippen molar-refractivity contribution in [2.45, 2.75) is 31.3 Å². The summed E-state index contributed by atoms with van der Waals surface area (Å²) in [6.45, 7) is 5.28. The van der Waals surface area contributed by atoms with Gasteiger partial charge in [0.05, 0.1) is 5.69 Å². The quantitative estimate of drug-likeness (QED) is 0.521. The second-order valence-electron chi connectivity index (χ2n) is 7.07. The standard InChI is InChI=1S/C20H21F2N3O4S/c1-12-8-16(13(2)29-12)20(3,26)11-24-19-7-5-15(10-23-19)30(27,28)25-14-4-6-17(21)18(22)9-14/h4-10,25-26H,11H2,1-3H3,(H,23,24). The zero-order chi connectivity index (χ0) is 22.1. The van der Waals surface area contributed by atoms with E-state index in [-0.39, 0.29) is 17.1 Å². The Hall–Kier alpha value is -2.98. The number of pyridine rings is 1. The van der Waals surface area contributed by atoms with Gasteiger partial charge in [0.1, 0.15) is 27.8 Å². The topological polar surface area (TPSA) is 104 Å². The molecule has 1 unspecified atom stereocenters. The largest absolute Gasteiger partial charge is 0.466 e. The minimum Gasteiger partial charge on any atom is -0.466 e. The first-order valence-corrected chi connectivity index (χ1v) is 10.4. The number of aromatic nitrogens is 1. The number of sulfonamides is 1. The second kappa shape index (κ2) is 8.04. The van der Waals surface area contributed by atoms with E-state index in [0.29, 0.717) is 22.9 Å². The van der Waals surface area contributed by atoms with Crippen molar-refractivity contribution < 1.29 is 26.7 Å². The number of hydrogen-bond donors (Lipinski definition) is 3. The molecule has 0 spiro atoms. The van der Waals surface area contributed by atoms with Crippen molar-refractivity contribution in [2.24, 2.45) is 0 Å². The zero-order valence-electron chi connectivity index (χ0n) is 16.5. The SMILES string of the molecule is Cc1cc(C(C)(O)CNc2ccc(S(=O)(=O)Nc3ccc(F)c(F)c3)cn2)c(C)o1. The van der Waals surface area contributed by atoms with E-state index < -0.39 is 27.3 Å². The number of aliphatic hydroxyl groups is 1. The van der Waals surface area contributed by atoms with E-state index in [9.17, 15) is 22.3 Å². The highest BCUT2D eigenvalue weighted by Crippen LogP contribution is 2.27. The Morgan fingerprint density at radius 1 is 1.13 bits per heavy atom. The Morgan fingerprint density at radius 3 is 2.43 bits per heavy atom. The van der Waals surface area contributed by atoms with Gasteiger partial charge >= 0.3 is 0 Å². The van der Waals surface area contributed by atoms with Crippen molar-refractivity contribution in [1.82, 2.24) is 4.98 Å². The van der Waals surface area contributed by atoms with Gasteiger partial charge in [0.25, 0.3) is 10.0 Å². The Morgan fingerprint density at radius 2 is 1.87 bits per heavy atom. The predicted molar refractivity (Wildman–Crippen MR) is 108 cm³/mol. The van der Waals surface area contributed by atoms with Crippen LogP contribution in [0.3, 0.4) is 0 Å². The first kappa shape index (κ1) is 21.7. The maximum atomic E-state index is 13.3. The van der Waals surface area contributed by atoms with Gasteiger partial charge in [0, 0.05) is 24.4 Å². The maximum absolute atomic E-state index is 13.3. The molecule has 3 aromatic rings. The van der Waals surface area contributed by atoms with Crippen LogP contribution in [0, 0.1) is 25.5 Å². The molecule has 2 aromatic heterocycles. The fraction of sp³-hybridized carbons (Fsp3) is 0.250. The third-order valence-corrected chi connectivity index (χ3v) is 5.82. The van der Waals surface area contributed by atoms with Crippen molar-refractivity contribution >= 4 is 21.5 Å². The number of halogens is 2. The van der Waals surface area contributed by atoms with E-state index in [1.165, 1.54) is 12.1 Å². The molecule has 0 aliphatic rings. The predicted octanol–water partition coefficient (Wildman–Crippen LogP) is 3.69. The minimum atomic E-state index is -4.04. The number of rotatable bonds is 7. The highest BCUT2D eigenvalue weighted by molar-refractivity contribution is 7.92. The van der Waals surface area contributed by atoms with E-state index in [4.69, 9.17) is 4.42 Å². The summed E-state index contributed by atoms with van der Waals surface area (Å²) in [5.74, 6) is -0.601. The number of furan rings is 1. The van der Waals surface area contributed by atoms with Crippen molar-refractivity contribution in [2.75, 3.05) is 16.6 Å². The number of anilines is 2. The summed E-state index contributed by atoms with van der Waals surface area (Å²) in [7, 11) is -4.04. The number of nitrogens with one attached hydrogen (secondary N) is 2. The minimum absolute atomic E-state index is 0.110. The van der Waals surface area contributed by atoms with Crippen molar-refractivity contribution in [3.05, 3.63) is 71.3 Å². The molecule has 0 aliphatic carbocycles. The van der Waals surface area contributed by atoms with E-state index in [1.54, 1.807) is 26.8 Å². The van der Waals surface area contributed by atoms with Crippen LogP contribution in [0.4, 0.5) is 20.3 Å². The van der Waals surface area contributed by atoms with E-state index in [2.05, 4.69) is 15.0 Å². The molecule has 0 radical (unpaired) electrons. The molecule has 3 N–H and O–H groups in total. The Bertz CT molecular complexity index is 1160. The van der Waals surface area contributed by atoms with Gasteiger partial charge in [-0.3, -0.25) is 4.72 Å². The summed E-state index contributed by atoms with van der Waals surface area (Å²) in [4.78, 5) is 3.88. The van der Waals surface area contributed by atoms with Gasteiger partial charge in [-0.05, 0) is 51.1 Å². The van der Waals surface area contributed by atoms with E-state index >= 15 is 0 Å². The Labute approximate surface area is 172 Å². The van der Waals surface area contributed by atoms with Gasteiger partial charge in [-0.2, -0.15) is 0 Å². The molecule has 1 atom stereocenters. The molecule has 1 aromatic carbocycles. The van der Waals surface area contributed by atoms with Crippen molar-refractivity contribution in [3.8, 4) is 0 Å². The van der Waals surface area contributed by atoms with Gasteiger partial charge in [-0.1, -0.05) is 0 Å². The summed E-state index contributed by atoms with van der Waals surface area (Å²) in [5, 5.41) is 13.7. The lowest BCUT2D eigenvalue weighted by Gasteiger charge is -2.23. The summed E-state index contributed by atoms with van der Waals surface area (Å²) in [5.41, 5.74) is -0.706. The summed E-state index contributed by atoms with van der Waals surface area (Å²) in [6.07, 6.45) is 1.12. The highest BCUT2D eigenvalue weighted by Gasteiger charge is 2.27. The maximum Gasteiger partial charge on any atom is 0.263 e. The van der Waals surface area contributed by atoms with E-state index in [0.717, 1.165) is 24.4 Å². The zero-order valence-corrected chi connectivity index (χ0v) is 17.3. The highest BCUT2D eigenvalue weighted by atomic mass is 32.2. The average Bonchev–Trinajstić information content (AvgIpc) is 3.02. The van der Waals surface area contributed by atoms with Crippen LogP contribution in [-0.2, 0) is 15.6 Å². The van der Waals surface area contributed by atoms with Crippen molar-refractivity contribution in [1.29, 1.82) is 0 Å². The first-order valence-electron chi connectivity index (χ1n) is 8.96. The fourth-order valence-electron chi connectivity index (χ4n) is 2.94. The third-order valence-electron chi connectivity index (χ3n) is 4.45. The molecule has 0 saturated heterocycles. The van der Waals surface area contributed by atoms with Crippen LogP contribution in [0.1, 0.15) is 24.0 Å². The number of nitrogens with zero attached hydrogens (tertiary/aromatic N) is 1. The average molecular weight is 437 g/mol. The van der Waals surface area contributed by atoms with Crippen LogP contribution in [0.5, 0.6) is 0 Å². The lowest BCUT2D eigenvalue weighted by Crippen LogP contribution is -2.31. The number of hydrogen-bond acceptors (Lipinski definition) is 6. The molecule has 0 fully saturated rings.